The molecule has 0 bridgehead atoms. The molecule has 0 saturated heterocycles. The molecule has 0 amide bonds. The number of anilines is 6. The van der Waals surface area contributed by atoms with Crippen molar-refractivity contribution in [1.82, 2.24) is 4.57 Å². The minimum Gasteiger partial charge on any atom is -0.310 e. The zero-order valence-corrected chi connectivity index (χ0v) is 71.3. The molecule has 1 aromatic heterocycles. The first-order valence-corrected chi connectivity index (χ1v) is 42.7. The summed E-state index contributed by atoms with van der Waals surface area (Å²) in [7, 11) is 0. The molecule has 3 heterocycles. The van der Waals surface area contributed by atoms with Crippen molar-refractivity contribution in [2.45, 2.75) is 136 Å². The standard InChI is InChI=1S/C115H102BN3/c1-110(2,3)80-56-61-100-94(64-80)95-65-81(111(4,5)6)57-62-101(95)117(100)85-58-60-99-103(72-85)119(109-92(76-41-25-18-26-42-76)68-83(113(10,11)12)69-93(109)77-43-27-19-28-44-77)105-71-84(114(13,14)15)70-104-107(105)116(99)98-59-55-78(63-102(98)118(104)108-90(74-37-21-16-22-38-74)66-82(112(7,8)9)67-91(108)75-39-23-17-24-40-75)87-51-36-52-89-88-50-33-34-53-97(88)115(106(87)89,79-47-29-20-30-48-79)96-54-35-46-73-45-31-32-49-86(73)96/h16-72H,1-15H3. The molecular weight excluding hydrogens is 1430 g/mol. The third-order valence-electron chi connectivity index (χ3n) is 26.2. The van der Waals surface area contributed by atoms with Crippen LogP contribution in [0.2, 0.25) is 0 Å². The van der Waals surface area contributed by atoms with E-state index < -0.39 is 5.41 Å². The quantitative estimate of drug-likeness (QED) is 0.126. The lowest BCUT2D eigenvalue weighted by Crippen LogP contribution is -2.61. The Kier molecular flexibility index (Phi) is 17.5. The smallest absolute Gasteiger partial charge is 0.252 e. The van der Waals surface area contributed by atoms with Crippen LogP contribution in [0.4, 0.5) is 34.1 Å². The van der Waals surface area contributed by atoms with Gasteiger partial charge in [-0.25, -0.2) is 0 Å². The summed E-state index contributed by atoms with van der Waals surface area (Å²) in [5.41, 5.74) is 37.9. The molecule has 0 spiro atoms. The van der Waals surface area contributed by atoms with Crippen molar-refractivity contribution in [2.24, 2.45) is 0 Å². The van der Waals surface area contributed by atoms with Crippen molar-refractivity contribution in [3.05, 3.63) is 396 Å². The Morgan fingerprint density at radius 2 is 0.639 bits per heavy atom. The van der Waals surface area contributed by atoms with Crippen molar-refractivity contribution in [3.63, 3.8) is 0 Å². The summed E-state index contributed by atoms with van der Waals surface area (Å²) in [6.07, 6.45) is 0. The van der Waals surface area contributed by atoms with Crippen LogP contribution in [-0.2, 0) is 32.5 Å². The molecule has 0 fully saturated rings. The predicted octanol–water partition coefficient (Wildman–Crippen LogP) is 29.2. The van der Waals surface area contributed by atoms with Crippen molar-refractivity contribution < 1.29 is 0 Å². The third-order valence-corrected chi connectivity index (χ3v) is 26.2. The van der Waals surface area contributed by atoms with E-state index in [4.69, 9.17) is 0 Å². The van der Waals surface area contributed by atoms with Crippen LogP contribution in [0.3, 0.4) is 0 Å². The van der Waals surface area contributed by atoms with Crippen LogP contribution in [0.1, 0.15) is 154 Å². The van der Waals surface area contributed by atoms with E-state index in [2.05, 4.69) is 464 Å². The molecule has 0 radical (unpaired) electrons. The fraction of sp³-hybridized carbons (Fsp3) is 0.183. The lowest BCUT2D eigenvalue weighted by molar-refractivity contribution is 0.590. The van der Waals surface area contributed by atoms with Gasteiger partial charge in [0.2, 0.25) is 0 Å². The van der Waals surface area contributed by atoms with Gasteiger partial charge in [0.1, 0.15) is 0 Å². The highest BCUT2D eigenvalue weighted by molar-refractivity contribution is 7.00. The van der Waals surface area contributed by atoms with Gasteiger partial charge in [-0.2, -0.15) is 0 Å². The molecule has 17 aromatic rings. The van der Waals surface area contributed by atoms with E-state index in [1.54, 1.807) is 0 Å². The lowest BCUT2D eigenvalue weighted by atomic mass is 9.33. The summed E-state index contributed by atoms with van der Waals surface area (Å²) in [4.78, 5) is 5.54. The van der Waals surface area contributed by atoms with E-state index in [0.717, 1.165) is 67.6 Å². The average Bonchev–Trinajstić information content (AvgIpc) is 1.67. The normalized spacial score (nSPS) is 14.5. The van der Waals surface area contributed by atoms with Crippen molar-refractivity contribution in [2.75, 3.05) is 9.80 Å². The Morgan fingerprint density at radius 3 is 1.13 bits per heavy atom. The Morgan fingerprint density at radius 1 is 0.252 bits per heavy atom. The van der Waals surface area contributed by atoms with Gasteiger partial charge in [-0.15, -0.1) is 0 Å². The highest BCUT2D eigenvalue weighted by Crippen LogP contribution is 2.62. The minimum absolute atomic E-state index is 0.0733. The molecule has 119 heavy (non-hydrogen) atoms. The number of aromatic nitrogens is 1. The van der Waals surface area contributed by atoms with Crippen molar-refractivity contribution in [3.8, 4) is 72.4 Å². The second-order valence-electron chi connectivity index (χ2n) is 38.8. The summed E-state index contributed by atoms with van der Waals surface area (Å²) in [5, 5.41) is 4.98. The number of rotatable bonds is 10. The highest BCUT2D eigenvalue weighted by Gasteiger charge is 2.51. The Labute approximate surface area is 704 Å². The lowest BCUT2D eigenvalue weighted by Gasteiger charge is -2.47. The van der Waals surface area contributed by atoms with Crippen molar-refractivity contribution >= 4 is 89.8 Å². The number of fused-ring (bicyclic) bond motifs is 11. The molecule has 580 valence electrons. The summed E-state index contributed by atoms with van der Waals surface area (Å²) < 4.78 is 2.58. The van der Waals surface area contributed by atoms with Crippen LogP contribution in [-0.4, -0.2) is 11.3 Å². The van der Waals surface area contributed by atoms with Crippen LogP contribution in [0.25, 0.3) is 105 Å². The van der Waals surface area contributed by atoms with Gasteiger partial charge in [0, 0.05) is 61.5 Å². The van der Waals surface area contributed by atoms with Crippen LogP contribution < -0.4 is 26.2 Å². The molecule has 2 aliphatic heterocycles. The molecular formula is C115H102BN3. The number of hydrogen-bond donors (Lipinski definition) is 0. The van der Waals surface area contributed by atoms with Gasteiger partial charge in [0.15, 0.2) is 0 Å². The van der Waals surface area contributed by atoms with Gasteiger partial charge in [-0.1, -0.05) is 371 Å². The number of hydrogen-bond acceptors (Lipinski definition) is 2. The van der Waals surface area contributed by atoms with E-state index in [9.17, 15) is 0 Å². The molecule has 1 atom stereocenters. The van der Waals surface area contributed by atoms with Crippen LogP contribution in [0, 0.1) is 0 Å². The first-order valence-electron chi connectivity index (χ1n) is 42.7. The molecule has 3 aliphatic rings. The zero-order chi connectivity index (χ0) is 82.0. The van der Waals surface area contributed by atoms with E-state index in [1.807, 2.05) is 0 Å². The number of benzene rings is 16. The van der Waals surface area contributed by atoms with E-state index in [-0.39, 0.29) is 33.8 Å². The van der Waals surface area contributed by atoms with Gasteiger partial charge < -0.3 is 14.4 Å². The number of nitrogens with zero attached hydrogens (tertiary/aromatic N) is 3. The SMILES string of the molecule is CC(C)(C)c1cc(-c2ccccc2)c(N2c3cc(-c4cccc5c4C(c4ccccc4)(c4cccc6ccccc46)c4ccccc4-5)ccc3B3c4ccc(-n5c6ccc(C(C)(C)C)cc6c6cc(C(C)(C)C)ccc65)cc4N(c4c(-c5ccccc5)cc(C(C)(C)C)cc4-c4ccccc4)c4cc(C(C)(C)C)cc2c43)c(-c2ccccc2)c1. The third kappa shape index (κ3) is 12.2. The Hall–Kier alpha value is -12.8. The van der Waals surface area contributed by atoms with E-state index >= 15 is 0 Å². The zero-order valence-electron chi connectivity index (χ0n) is 71.3. The van der Waals surface area contributed by atoms with Crippen LogP contribution >= 0.6 is 0 Å². The second kappa shape index (κ2) is 27.7. The molecule has 1 aliphatic carbocycles. The second-order valence-corrected chi connectivity index (χ2v) is 38.8. The minimum atomic E-state index is -0.737. The molecule has 4 heteroatoms. The summed E-state index contributed by atoms with van der Waals surface area (Å²) in [5.74, 6) is 0. The molecule has 3 nitrogen and oxygen atoms in total. The molecule has 1 unspecified atom stereocenters. The van der Waals surface area contributed by atoms with Gasteiger partial charge in [-0.05, 0) is 228 Å². The largest absolute Gasteiger partial charge is 0.310 e. The van der Waals surface area contributed by atoms with E-state index in [1.165, 1.54) is 138 Å². The van der Waals surface area contributed by atoms with E-state index in [0.29, 0.717) is 0 Å². The molecule has 0 N–H and O–H groups in total. The van der Waals surface area contributed by atoms with Crippen LogP contribution in [0.5, 0.6) is 0 Å². The highest BCUT2D eigenvalue weighted by atomic mass is 15.2. The van der Waals surface area contributed by atoms with Crippen LogP contribution in [0.15, 0.2) is 346 Å². The van der Waals surface area contributed by atoms with Gasteiger partial charge in [0.25, 0.3) is 6.71 Å². The fourth-order valence-corrected chi connectivity index (χ4v) is 20.0. The topological polar surface area (TPSA) is 11.4 Å². The average molecular weight is 1540 g/mol. The Balaban J connectivity index is 0.966. The molecule has 16 aromatic carbocycles. The maximum absolute atomic E-state index is 2.78. The maximum Gasteiger partial charge on any atom is 0.252 e. The first-order chi connectivity index (χ1) is 57.2. The summed E-state index contributed by atoms with van der Waals surface area (Å²) in [6, 6.07) is 134. The maximum atomic E-state index is 2.78. The van der Waals surface area contributed by atoms with Gasteiger partial charge in [-0.3, -0.25) is 0 Å². The molecule has 0 saturated carbocycles. The Bertz CT molecular complexity index is 6720. The summed E-state index contributed by atoms with van der Waals surface area (Å²) >= 11 is 0. The first kappa shape index (κ1) is 75.0. The molecule has 20 rings (SSSR count). The summed E-state index contributed by atoms with van der Waals surface area (Å²) in [6.45, 7) is 35.3. The van der Waals surface area contributed by atoms with Gasteiger partial charge >= 0.3 is 0 Å². The monoisotopic (exact) mass is 1540 g/mol. The fourth-order valence-electron chi connectivity index (χ4n) is 20.0. The predicted molar refractivity (Wildman–Crippen MR) is 510 cm³/mol. The van der Waals surface area contributed by atoms with Crippen molar-refractivity contribution in [1.29, 1.82) is 0 Å². The van der Waals surface area contributed by atoms with Gasteiger partial charge in [0.05, 0.1) is 27.8 Å².